The number of anilines is 3. The van der Waals surface area contributed by atoms with Crippen molar-refractivity contribution in [2.45, 2.75) is 18.6 Å². The van der Waals surface area contributed by atoms with E-state index in [0.29, 0.717) is 23.7 Å². The molecule has 6 rings (SSSR count). The molecule has 0 radical (unpaired) electrons. The van der Waals surface area contributed by atoms with Crippen molar-refractivity contribution in [1.29, 1.82) is 5.26 Å². The van der Waals surface area contributed by atoms with Gasteiger partial charge in [0.25, 0.3) is 5.91 Å². The van der Waals surface area contributed by atoms with Crippen LogP contribution in [0.4, 0.5) is 17.3 Å². The van der Waals surface area contributed by atoms with Gasteiger partial charge in [-0.25, -0.2) is 9.97 Å². The van der Waals surface area contributed by atoms with E-state index in [9.17, 15) is 4.79 Å². The predicted octanol–water partition coefficient (Wildman–Crippen LogP) is 3.12. The molecule has 0 saturated carbocycles. The van der Waals surface area contributed by atoms with E-state index in [4.69, 9.17) is 10.00 Å². The van der Waals surface area contributed by atoms with Crippen LogP contribution in [0, 0.1) is 11.3 Å². The third-order valence-corrected chi connectivity index (χ3v) is 5.67. The number of carbonyl (C=O) groups excluding carboxylic acids is 1. The SMILES string of the molecule is N#CCNC(=O)c1ccc(-c2ccnc(Nc3ccc(N4CC5CC(C4)O5)cc3)n2)cc1. The lowest BCUT2D eigenvalue weighted by atomic mass is 9.98. The van der Waals surface area contributed by atoms with Gasteiger partial charge in [-0.3, -0.25) is 4.79 Å². The number of nitrogens with zero attached hydrogens (tertiary/aromatic N) is 4. The number of nitriles is 1. The number of benzene rings is 2. The summed E-state index contributed by atoms with van der Waals surface area (Å²) in [4.78, 5) is 23.2. The summed E-state index contributed by atoms with van der Waals surface area (Å²) in [6.07, 6.45) is 3.64. The Kier molecular flexibility index (Phi) is 5.40. The van der Waals surface area contributed by atoms with E-state index >= 15 is 0 Å². The van der Waals surface area contributed by atoms with Crippen LogP contribution in [-0.2, 0) is 4.74 Å². The van der Waals surface area contributed by atoms with E-state index in [1.807, 2.05) is 36.4 Å². The summed E-state index contributed by atoms with van der Waals surface area (Å²) in [5.74, 6) is 0.222. The van der Waals surface area contributed by atoms with E-state index in [-0.39, 0.29) is 12.5 Å². The molecule has 1 amide bonds. The zero-order valence-corrected chi connectivity index (χ0v) is 17.4. The summed E-state index contributed by atoms with van der Waals surface area (Å²) in [6, 6.07) is 19.1. The quantitative estimate of drug-likeness (QED) is 0.584. The molecule has 8 heteroatoms. The highest BCUT2D eigenvalue weighted by atomic mass is 16.5. The van der Waals surface area contributed by atoms with Crippen LogP contribution in [0.25, 0.3) is 11.3 Å². The van der Waals surface area contributed by atoms with Crippen molar-refractivity contribution >= 4 is 23.2 Å². The lowest BCUT2D eigenvalue weighted by Crippen LogP contribution is -2.57. The Morgan fingerprint density at radius 2 is 1.81 bits per heavy atom. The van der Waals surface area contributed by atoms with Crippen LogP contribution in [-0.4, -0.2) is 47.7 Å². The molecular formula is C24H22N6O2. The molecule has 3 saturated heterocycles. The summed E-state index contributed by atoms with van der Waals surface area (Å²) in [7, 11) is 0. The molecule has 8 nitrogen and oxygen atoms in total. The van der Waals surface area contributed by atoms with Gasteiger partial charge in [-0.05, 0) is 42.5 Å². The van der Waals surface area contributed by atoms with Gasteiger partial charge >= 0.3 is 0 Å². The monoisotopic (exact) mass is 426 g/mol. The molecule has 2 N–H and O–H groups in total. The minimum Gasteiger partial charge on any atom is -0.371 e. The maximum Gasteiger partial charge on any atom is 0.252 e. The minimum absolute atomic E-state index is 0.0179. The largest absolute Gasteiger partial charge is 0.371 e. The first-order chi connectivity index (χ1) is 15.7. The highest BCUT2D eigenvalue weighted by Gasteiger charge is 2.38. The van der Waals surface area contributed by atoms with Gasteiger partial charge in [-0.15, -0.1) is 0 Å². The molecule has 160 valence electrons. The fourth-order valence-corrected chi connectivity index (χ4v) is 4.05. The number of aromatic nitrogens is 2. The van der Waals surface area contributed by atoms with Crippen molar-refractivity contribution in [3.63, 3.8) is 0 Å². The van der Waals surface area contributed by atoms with Crippen LogP contribution in [0.2, 0.25) is 0 Å². The van der Waals surface area contributed by atoms with Gasteiger partial charge in [-0.2, -0.15) is 5.26 Å². The number of ether oxygens (including phenoxy) is 1. The molecule has 2 atom stereocenters. The third-order valence-electron chi connectivity index (χ3n) is 5.67. The number of hydrogen-bond acceptors (Lipinski definition) is 7. The van der Waals surface area contributed by atoms with Crippen molar-refractivity contribution in [2.75, 3.05) is 29.9 Å². The minimum atomic E-state index is -0.277. The van der Waals surface area contributed by atoms with E-state index in [1.54, 1.807) is 18.3 Å². The highest BCUT2D eigenvalue weighted by molar-refractivity contribution is 5.94. The first kappa shape index (κ1) is 20.0. The number of morpholine rings is 1. The molecule has 0 aliphatic carbocycles. The molecule has 3 aliphatic heterocycles. The average Bonchev–Trinajstić information content (AvgIpc) is 2.83. The lowest BCUT2D eigenvalue weighted by molar-refractivity contribution is -0.133. The second-order valence-electron chi connectivity index (χ2n) is 7.88. The van der Waals surface area contributed by atoms with E-state index in [2.05, 4.69) is 37.6 Å². The molecule has 32 heavy (non-hydrogen) atoms. The van der Waals surface area contributed by atoms with Crippen LogP contribution >= 0.6 is 0 Å². The maximum absolute atomic E-state index is 11.9. The summed E-state index contributed by atoms with van der Waals surface area (Å²) < 4.78 is 5.71. The number of carbonyl (C=O) groups is 1. The number of rotatable bonds is 6. The molecule has 1 aromatic heterocycles. The Hall–Kier alpha value is -3.96. The average molecular weight is 426 g/mol. The second-order valence-corrected chi connectivity index (χ2v) is 7.88. The summed E-state index contributed by atoms with van der Waals surface area (Å²) >= 11 is 0. The number of nitrogens with one attached hydrogen (secondary N) is 2. The summed E-state index contributed by atoms with van der Waals surface area (Å²) in [5, 5.41) is 14.4. The Balaban J connectivity index is 1.25. The first-order valence-electron chi connectivity index (χ1n) is 10.5. The molecule has 2 bridgehead atoms. The Bertz CT molecular complexity index is 1140. The van der Waals surface area contributed by atoms with Crippen LogP contribution in [0.3, 0.4) is 0 Å². The molecule has 4 heterocycles. The van der Waals surface area contributed by atoms with Crippen molar-refractivity contribution < 1.29 is 9.53 Å². The molecular weight excluding hydrogens is 404 g/mol. The van der Waals surface area contributed by atoms with Gasteiger partial charge in [0.1, 0.15) is 6.54 Å². The van der Waals surface area contributed by atoms with Crippen molar-refractivity contribution in [2.24, 2.45) is 0 Å². The van der Waals surface area contributed by atoms with Crippen LogP contribution in [0.15, 0.2) is 60.8 Å². The Morgan fingerprint density at radius 3 is 2.50 bits per heavy atom. The van der Waals surface area contributed by atoms with Gasteiger partial charge < -0.3 is 20.3 Å². The fourth-order valence-electron chi connectivity index (χ4n) is 4.05. The standard InChI is InChI=1S/C24H22N6O2/c25-10-12-26-23(31)17-3-1-16(2-4-17)22-9-11-27-24(29-22)28-18-5-7-19(8-6-18)30-14-20-13-21(15-30)32-20/h1-9,11,20-21H,12-15H2,(H,26,31)(H,27,28,29). The smallest absolute Gasteiger partial charge is 0.252 e. The third kappa shape index (κ3) is 4.24. The number of fused-ring (bicyclic) bond motifs is 2. The number of piperidine rings is 1. The Morgan fingerprint density at radius 1 is 1.09 bits per heavy atom. The van der Waals surface area contributed by atoms with Gasteiger partial charge in [0.15, 0.2) is 0 Å². The van der Waals surface area contributed by atoms with E-state index in [1.165, 1.54) is 12.1 Å². The maximum atomic E-state index is 11.9. The number of hydrogen-bond donors (Lipinski definition) is 2. The highest BCUT2D eigenvalue weighted by Crippen LogP contribution is 2.32. The fraction of sp³-hybridized carbons (Fsp3) is 0.250. The topological polar surface area (TPSA) is 103 Å². The predicted molar refractivity (Wildman–Crippen MR) is 121 cm³/mol. The van der Waals surface area contributed by atoms with Crippen molar-refractivity contribution in [1.82, 2.24) is 15.3 Å². The first-order valence-corrected chi connectivity index (χ1v) is 10.5. The van der Waals surface area contributed by atoms with Crippen LogP contribution < -0.4 is 15.5 Å². The molecule has 0 spiro atoms. The van der Waals surface area contributed by atoms with Crippen LogP contribution in [0.1, 0.15) is 16.8 Å². The van der Waals surface area contributed by atoms with Gasteiger partial charge in [0, 0.05) is 48.2 Å². The van der Waals surface area contributed by atoms with E-state index < -0.39 is 0 Å². The van der Waals surface area contributed by atoms with Crippen molar-refractivity contribution in [3.05, 3.63) is 66.4 Å². The molecule has 3 aliphatic rings. The molecule has 3 fully saturated rings. The summed E-state index contributed by atoms with van der Waals surface area (Å²) in [5.41, 5.74) is 4.22. The van der Waals surface area contributed by atoms with Gasteiger partial charge in [0.05, 0.1) is 24.0 Å². The van der Waals surface area contributed by atoms with Crippen molar-refractivity contribution in [3.8, 4) is 17.3 Å². The molecule has 2 unspecified atom stereocenters. The van der Waals surface area contributed by atoms with Crippen LogP contribution in [0.5, 0.6) is 0 Å². The van der Waals surface area contributed by atoms with Gasteiger partial charge in [0.2, 0.25) is 5.95 Å². The van der Waals surface area contributed by atoms with E-state index in [0.717, 1.165) is 30.0 Å². The Labute approximate surface area is 185 Å². The molecule has 2 aromatic carbocycles. The second kappa shape index (κ2) is 8.65. The summed E-state index contributed by atoms with van der Waals surface area (Å²) in [6.45, 7) is 1.89. The molecule has 3 aromatic rings. The zero-order chi connectivity index (χ0) is 21.9. The number of amides is 1. The zero-order valence-electron chi connectivity index (χ0n) is 17.4. The normalized spacial score (nSPS) is 18.9. The van der Waals surface area contributed by atoms with Gasteiger partial charge in [-0.1, -0.05) is 12.1 Å². The lowest BCUT2D eigenvalue weighted by Gasteiger charge is -2.48.